The van der Waals surface area contributed by atoms with Crippen LogP contribution in [-0.4, -0.2) is 5.11 Å². The summed E-state index contributed by atoms with van der Waals surface area (Å²) >= 11 is 0. The second-order valence-corrected chi connectivity index (χ2v) is 3.44. The fourth-order valence-electron chi connectivity index (χ4n) is 1.49. The van der Waals surface area contributed by atoms with Crippen LogP contribution < -0.4 is 5.73 Å². The molecular formula is C10H13NO. The van der Waals surface area contributed by atoms with Crippen molar-refractivity contribution in [1.29, 1.82) is 0 Å². The Kier molecular flexibility index (Phi) is 1.77. The average Bonchev–Trinajstić information content (AvgIpc) is 2.85. The molecule has 64 valence electrons. The minimum atomic E-state index is 0.0881. The average molecular weight is 163 g/mol. The Labute approximate surface area is 72.0 Å². The molecule has 0 aliphatic heterocycles. The van der Waals surface area contributed by atoms with E-state index >= 15 is 0 Å². The molecule has 1 fully saturated rings. The molecule has 0 radical (unpaired) electrons. The number of benzene rings is 1. The minimum Gasteiger partial charge on any atom is -0.399 e. The van der Waals surface area contributed by atoms with Crippen LogP contribution in [0, 0.1) is 0 Å². The molecule has 0 atom stereocenters. The number of rotatable bonds is 2. The van der Waals surface area contributed by atoms with Gasteiger partial charge in [-0.3, -0.25) is 0 Å². The topological polar surface area (TPSA) is 46.2 Å². The number of hydrogen-bond acceptors (Lipinski definition) is 2. The molecule has 2 nitrogen and oxygen atoms in total. The lowest BCUT2D eigenvalue weighted by atomic mass is 10.1. The Morgan fingerprint density at radius 2 is 2.08 bits per heavy atom. The normalized spacial score (nSPS) is 16.4. The summed E-state index contributed by atoms with van der Waals surface area (Å²) in [5.74, 6) is 0.707. The molecule has 0 bridgehead atoms. The molecular weight excluding hydrogens is 150 g/mol. The maximum atomic E-state index is 8.93. The molecule has 0 aromatic heterocycles. The van der Waals surface area contributed by atoms with E-state index in [0.29, 0.717) is 5.92 Å². The van der Waals surface area contributed by atoms with Crippen LogP contribution in [0.25, 0.3) is 0 Å². The van der Waals surface area contributed by atoms with Gasteiger partial charge in [0.15, 0.2) is 0 Å². The molecule has 1 aliphatic rings. The van der Waals surface area contributed by atoms with Crippen LogP contribution in [0.5, 0.6) is 0 Å². The predicted molar refractivity (Wildman–Crippen MR) is 48.8 cm³/mol. The lowest BCUT2D eigenvalue weighted by molar-refractivity contribution is 0.282. The van der Waals surface area contributed by atoms with Crippen molar-refractivity contribution in [3.8, 4) is 0 Å². The van der Waals surface area contributed by atoms with Gasteiger partial charge in [0.05, 0.1) is 6.61 Å². The molecule has 1 aliphatic carbocycles. The summed E-state index contributed by atoms with van der Waals surface area (Å²) in [6.07, 6.45) is 2.54. The van der Waals surface area contributed by atoms with Gasteiger partial charge in [-0.05, 0) is 42.0 Å². The standard InChI is InChI=1S/C10H13NO/c11-10-4-7(6-12)3-9(5-10)8-1-2-8/h3-5,8,12H,1-2,6,11H2. The van der Waals surface area contributed by atoms with E-state index in [1.54, 1.807) is 0 Å². The fourth-order valence-corrected chi connectivity index (χ4v) is 1.49. The fraction of sp³-hybridized carbons (Fsp3) is 0.400. The molecule has 0 unspecified atom stereocenters. The Hall–Kier alpha value is -1.02. The zero-order chi connectivity index (χ0) is 8.55. The van der Waals surface area contributed by atoms with Crippen molar-refractivity contribution in [2.45, 2.75) is 25.4 Å². The van der Waals surface area contributed by atoms with E-state index in [0.717, 1.165) is 11.3 Å². The predicted octanol–water partition coefficient (Wildman–Crippen LogP) is 1.64. The van der Waals surface area contributed by atoms with E-state index in [4.69, 9.17) is 10.8 Å². The first kappa shape index (κ1) is 7.62. The Bertz CT molecular complexity index is 292. The number of nitrogen functional groups attached to an aromatic ring is 1. The highest BCUT2D eigenvalue weighted by molar-refractivity contribution is 5.46. The van der Waals surface area contributed by atoms with Crippen LogP contribution in [0.15, 0.2) is 18.2 Å². The van der Waals surface area contributed by atoms with Gasteiger partial charge in [-0.2, -0.15) is 0 Å². The quantitative estimate of drug-likeness (QED) is 0.651. The number of hydrogen-bond donors (Lipinski definition) is 2. The molecule has 1 aromatic carbocycles. The van der Waals surface area contributed by atoms with E-state index in [1.807, 2.05) is 18.2 Å². The van der Waals surface area contributed by atoms with Crippen LogP contribution >= 0.6 is 0 Å². The smallest absolute Gasteiger partial charge is 0.0682 e. The van der Waals surface area contributed by atoms with Gasteiger partial charge in [0.1, 0.15) is 0 Å². The second kappa shape index (κ2) is 2.79. The molecule has 0 amide bonds. The van der Waals surface area contributed by atoms with Crippen LogP contribution in [0.4, 0.5) is 5.69 Å². The van der Waals surface area contributed by atoms with Crippen molar-refractivity contribution in [3.63, 3.8) is 0 Å². The van der Waals surface area contributed by atoms with Crippen molar-refractivity contribution < 1.29 is 5.11 Å². The highest BCUT2D eigenvalue weighted by Gasteiger charge is 2.23. The first-order chi connectivity index (χ1) is 5.79. The Morgan fingerprint density at radius 3 is 2.67 bits per heavy atom. The first-order valence-corrected chi connectivity index (χ1v) is 4.30. The van der Waals surface area contributed by atoms with Gasteiger partial charge in [-0.25, -0.2) is 0 Å². The molecule has 12 heavy (non-hydrogen) atoms. The summed E-state index contributed by atoms with van der Waals surface area (Å²) in [6, 6.07) is 5.89. The Morgan fingerprint density at radius 1 is 1.33 bits per heavy atom. The van der Waals surface area contributed by atoms with Gasteiger partial charge in [-0.15, -0.1) is 0 Å². The Balaban J connectivity index is 2.34. The summed E-state index contributed by atoms with van der Waals surface area (Å²) < 4.78 is 0. The number of aliphatic hydroxyl groups is 1. The van der Waals surface area contributed by atoms with E-state index in [-0.39, 0.29) is 6.61 Å². The molecule has 1 saturated carbocycles. The summed E-state index contributed by atoms with van der Waals surface area (Å²) in [5, 5.41) is 8.93. The number of anilines is 1. The monoisotopic (exact) mass is 163 g/mol. The first-order valence-electron chi connectivity index (χ1n) is 4.30. The summed E-state index contributed by atoms with van der Waals surface area (Å²) in [6.45, 7) is 0.0881. The molecule has 3 N–H and O–H groups in total. The molecule has 0 saturated heterocycles. The van der Waals surface area contributed by atoms with E-state index in [2.05, 4.69) is 0 Å². The van der Waals surface area contributed by atoms with Crippen molar-refractivity contribution >= 4 is 5.69 Å². The maximum Gasteiger partial charge on any atom is 0.0682 e. The van der Waals surface area contributed by atoms with Crippen molar-refractivity contribution in [1.82, 2.24) is 0 Å². The summed E-state index contributed by atoms with van der Waals surface area (Å²) in [7, 11) is 0. The zero-order valence-corrected chi connectivity index (χ0v) is 6.96. The van der Waals surface area contributed by atoms with Crippen LogP contribution in [0.3, 0.4) is 0 Å². The molecule has 0 heterocycles. The summed E-state index contributed by atoms with van der Waals surface area (Å²) in [5.41, 5.74) is 8.68. The minimum absolute atomic E-state index is 0.0881. The lowest BCUT2D eigenvalue weighted by Crippen LogP contribution is -1.92. The maximum absolute atomic E-state index is 8.93. The third-order valence-electron chi connectivity index (χ3n) is 2.27. The van der Waals surface area contributed by atoms with Gasteiger partial charge < -0.3 is 10.8 Å². The van der Waals surface area contributed by atoms with Gasteiger partial charge in [0.2, 0.25) is 0 Å². The van der Waals surface area contributed by atoms with Crippen molar-refractivity contribution in [2.24, 2.45) is 0 Å². The second-order valence-electron chi connectivity index (χ2n) is 3.44. The molecule has 1 aromatic rings. The lowest BCUT2D eigenvalue weighted by Gasteiger charge is -2.03. The third kappa shape index (κ3) is 1.43. The SMILES string of the molecule is Nc1cc(CO)cc(C2CC2)c1. The van der Waals surface area contributed by atoms with Crippen molar-refractivity contribution in [2.75, 3.05) is 5.73 Å². The van der Waals surface area contributed by atoms with Gasteiger partial charge in [0.25, 0.3) is 0 Å². The highest BCUT2D eigenvalue weighted by atomic mass is 16.3. The zero-order valence-electron chi connectivity index (χ0n) is 6.96. The van der Waals surface area contributed by atoms with Crippen LogP contribution in [0.1, 0.15) is 29.9 Å². The van der Waals surface area contributed by atoms with Crippen LogP contribution in [-0.2, 0) is 6.61 Å². The van der Waals surface area contributed by atoms with Gasteiger partial charge in [0, 0.05) is 5.69 Å². The molecule has 2 rings (SSSR count). The highest BCUT2D eigenvalue weighted by Crippen LogP contribution is 2.40. The third-order valence-corrected chi connectivity index (χ3v) is 2.27. The van der Waals surface area contributed by atoms with Crippen LogP contribution in [0.2, 0.25) is 0 Å². The molecule has 2 heteroatoms. The largest absolute Gasteiger partial charge is 0.399 e. The van der Waals surface area contributed by atoms with Crippen molar-refractivity contribution in [3.05, 3.63) is 29.3 Å². The van der Waals surface area contributed by atoms with Gasteiger partial charge >= 0.3 is 0 Å². The number of aliphatic hydroxyl groups excluding tert-OH is 1. The van der Waals surface area contributed by atoms with E-state index in [9.17, 15) is 0 Å². The van der Waals surface area contributed by atoms with E-state index < -0.39 is 0 Å². The number of nitrogens with two attached hydrogens (primary N) is 1. The summed E-state index contributed by atoms with van der Waals surface area (Å²) in [4.78, 5) is 0. The van der Waals surface area contributed by atoms with Gasteiger partial charge in [-0.1, -0.05) is 6.07 Å². The molecule has 0 spiro atoms. The van der Waals surface area contributed by atoms with E-state index in [1.165, 1.54) is 18.4 Å².